The van der Waals surface area contributed by atoms with Crippen molar-refractivity contribution in [3.05, 3.63) is 35.0 Å². The molecule has 1 rings (SSSR count). The molecule has 0 aliphatic heterocycles. The predicted molar refractivity (Wildman–Crippen MR) is 81.4 cm³/mol. The average Bonchev–Trinajstić information content (AvgIpc) is 2.85. The maximum Gasteiger partial charge on any atom is 0.191 e. The zero-order valence-electron chi connectivity index (χ0n) is 11.3. The number of rotatable bonds is 7. The highest BCUT2D eigenvalue weighted by atomic mass is 32.1. The molecule has 0 saturated carbocycles. The Morgan fingerprint density at radius 2 is 2.39 bits per heavy atom. The quantitative estimate of drug-likeness (QED) is 0.452. The maximum absolute atomic E-state index is 4.58. The number of aliphatic imine (C=N–C) groups is 1. The molecule has 18 heavy (non-hydrogen) atoms. The predicted octanol–water partition coefficient (Wildman–Crippen LogP) is 2.67. The lowest BCUT2D eigenvalue weighted by Gasteiger charge is -2.12. The lowest BCUT2D eigenvalue weighted by atomic mass is 10.1. The molecule has 0 amide bonds. The SMILES string of the molecule is C=CCNC(=NCC(C)Cc1cccs1)NCC. The number of guanidine groups is 1. The van der Waals surface area contributed by atoms with E-state index in [9.17, 15) is 0 Å². The largest absolute Gasteiger partial charge is 0.357 e. The van der Waals surface area contributed by atoms with Crippen molar-refractivity contribution < 1.29 is 0 Å². The van der Waals surface area contributed by atoms with Crippen molar-refractivity contribution in [1.82, 2.24) is 10.6 Å². The third-order valence-corrected chi connectivity index (χ3v) is 3.35. The Balaban J connectivity index is 2.40. The Kier molecular flexibility index (Phi) is 7.18. The highest BCUT2D eigenvalue weighted by Gasteiger charge is 2.04. The normalized spacial score (nSPS) is 13.1. The van der Waals surface area contributed by atoms with Gasteiger partial charge in [-0.05, 0) is 30.7 Å². The van der Waals surface area contributed by atoms with Crippen molar-refractivity contribution in [2.75, 3.05) is 19.6 Å². The van der Waals surface area contributed by atoms with E-state index in [0.717, 1.165) is 32.0 Å². The van der Waals surface area contributed by atoms with Crippen molar-refractivity contribution in [3.8, 4) is 0 Å². The second kappa shape index (κ2) is 8.75. The molecule has 0 bridgehead atoms. The summed E-state index contributed by atoms with van der Waals surface area (Å²) in [4.78, 5) is 6.01. The summed E-state index contributed by atoms with van der Waals surface area (Å²) in [7, 11) is 0. The lowest BCUT2D eigenvalue weighted by Crippen LogP contribution is -2.37. The van der Waals surface area contributed by atoms with Crippen LogP contribution in [0.1, 0.15) is 18.7 Å². The number of nitrogens with zero attached hydrogens (tertiary/aromatic N) is 1. The molecule has 2 N–H and O–H groups in total. The van der Waals surface area contributed by atoms with Crippen LogP contribution in [0.15, 0.2) is 35.2 Å². The fourth-order valence-electron chi connectivity index (χ4n) is 1.59. The van der Waals surface area contributed by atoms with E-state index in [0.29, 0.717) is 5.92 Å². The van der Waals surface area contributed by atoms with Crippen molar-refractivity contribution in [2.45, 2.75) is 20.3 Å². The molecule has 1 atom stereocenters. The van der Waals surface area contributed by atoms with Gasteiger partial charge in [0.05, 0.1) is 0 Å². The number of hydrogen-bond acceptors (Lipinski definition) is 2. The van der Waals surface area contributed by atoms with Crippen LogP contribution in [0.4, 0.5) is 0 Å². The summed E-state index contributed by atoms with van der Waals surface area (Å²) in [5.41, 5.74) is 0. The van der Waals surface area contributed by atoms with Gasteiger partial charge in [0.25, 0.3) is 0 Å². The Bertz CT molecular complexity index is 357. The molecule has 0 spiro atoms. The molecule has 0 aliphatic rings. The summed E-state index contributed by atoms with van der Waals surface area (Å²) in [6.45, 7) is 10.5. The molecule has 1 aromatic rings. The van der Waals surface area contributed by atoms with Crippen LogP contribution in [-0.2, 0) is 6.42 Å². The van der Waals surface area contributed by atoms with Crippen LogP contribution >= 0.6 is 11.3 Å². The molecule has 3 nitrogen and oxygen atoms in total. The molecule has 100 valence electrons. The first-order valence-electron chi connectivity index (χ1n) is 6.41. The second-order valence-electron chi connectivity index (χ2n) is 4.28. The van der Waals surface area contributed by atoms with E-state index in [4.69, 9.17) is 0 Å². The first-order valence-corrected chi connectivity index (χ1v) is 7.29. The summed E-state index contributed by atoms with van der Waals surface area (Å²) in [6, 6.07) is 4.29. The van der Waals surface area contributed by atoms with E-state index >= 15 is 0 Å². The van der Waals surface area contributed by atoms with Crippen molar-refractivity contribution in [3.63, 3.8) is 0 Å². The molecule has 0 aromatic carbocycles. The van der Waals surface area contributed by atoms with E-state index < -0.39 is 0 Å². The van der Waals surface area contributed by atoms with Gasteiger partial charge < -0.3 is 10.6 Å². The van der Waals surface area contributed by atoms with Crippen LogP contribution in [0.5, 0.6) is 0 Å². The van der Waals surface area contributed by atoms with Crippen molar-refractivity contribution in [1.29, 1.82) is 0 Å². The van der Waals surface area contributed by atoms with Crippen molar-refractivity contribution in [2.24, 2.45) is 10.9 Å². The Labute approximate surface area is 114 Å². The van der Waals surface area contributed by atoms with Crippen LogP contribution < -0.4 is 10.6 Å². The number of hydrogen-bond donors (Lipinski definition) is 2. The summed E-state index contributed by atoms with van der Waals surface area (Å²) < 4.78 is 0. The summed E-state index contributed by atoms with van der Waals surface area (Å²) in [6.07, 6.45) is 2.93. The van der Waals surface area contributed by atoms with Gasteiger partial charge in [0, 0.05) is 24.5 Å². The Morgan fingerprint density at radius 3 is 3.00 bits per heavy atom. The molecule has 4 heteroatoms. The van der Waals surface area contributed by atoms with Crippen LogP contribution in [-0.4, -0.2) is 25.6 Å². The smallest absolute Gasteiger partial charge is 0.191 e. The van der Waals surface area contributed by atoms with Gasteiger partial charge in [-0.1, -0.05) is 19.1 Å². The molecule has 0 fully saturated rings. The topological polar surface area (TPSA) is 36.4 Å². The van der Waals surface area contributed by atoms with Gasteiger partial charge in [-0.15, -0.1) is 17.9 Å². The van der Waals surface area contributed by atoms with Gasteiger partial charge >= 0.3 is 0 Å². The third kappa shape index (κ3) is 5.87. The third-order valence-electron chi connectivity index (χ3n) is 2.45. The molecular formula is C14H23N3S. The molecule has 1 aromatic heterocycles. The Morgan fingerprint density at radius 1 is 1.56 bits per heavy atom. The highest BCUT2D eigenvalue weighted by Crippen LogP contribution is 2.14. The lowest BCUT2D eigenvalue weighted by molar-refractivity contribution is 0.595. The van der Waals surface area contributed by atoms with Gasteiger partial charge in [0.15, 0.2) is 5.96 Å². The minimum Gasteiger partial charge on any atom is -0.357 e. The monoisotopic (exact) mass is 265 g/mol. The van der Waals surface area contributed by atoms with Crippen LogP contribution in [0.3, 0.4) is 0 Å². The fourth-order valence-corrected chi connectivity index (χ4v) is 2.46. The van der Waals surface area contributed by atoms with E-state index in [-0.39, 0.29) is 0 Å². The molecule has 1 unspecified atom stereocenters. The van der Waals surface area contributed by atoms with E-state index in [1.807, 2.05) is 17.4 Å². The summed E-state index contributed by atoms with van der Waals surface area (Å²) in [5.74, 6) is 1.43. The minimum absolute atomic E-state index is 0.558. The number of nitrogens with one attached hydrogen (secondary N) is 2. The van der Waals surface area contributed by atoms with Gasteiger partial charge in [0.1, 0.15) is 0 Å². The Hall–Kier alpha value is -1.29. The van der Waals surface area contributed by atoms with E-state index in [1.165, 1.54) is 4.88 Å². The van der Waals surface area contributed by atoms with Crippen LogP contribution in [0.2, 0.25) is 0 Å². The maximum atomic E-state index is 4.58. The van der Waals surface area contributed by atoms with Gasteiger partial charge in [-0.2, -0.15) is 0 Å². The highest BCUT2D eigenvalue weighted by molar-refractivity contribution is 7.09. The fraction of sp³-hybridized carbons (Fsp3) is 0.500. The van der Waals surface area contributed by atoms with Crippen LogP contribution in [0.25, 0.3) is 0 Å². The van der Waals surface area contributed by atoms with E-state index in [1.54, 1.807) is 0 Å². The second-order valence-corrected chi connectivity index (χ2v) is 5.31. The zero-order valence-corrected chi connectivity index (χ0v) is 12.1. The van der Waals surface area contributed by atoms with Gasteiger partial charge in [0.2, 0.25) is 0 Å². The summed E-state index contributed by atoms with van der Waals surface area (Å²) in [5, 5.41) is 8.56. The van der Waals surface area contributed by atoms with Crippen LogP contribution in [0, 0.1) is 5.92 Å². The average molecular weight is 265 g/mol. The molecule has 1 heterocycles. The molecule has 0 radical (unpaired) electrons. The first-order chi connectivity index (χ1) is 8.76. The molecule has 0 aliphatic carbocycles. The number of thiophene rings is 1. The summed E-state index contributed by atoms with van der Waals surface area (Å²) >= 11 is 1.82. The zero-order chi connectivity index (χ0) is 13.2. The van der Waals surface area contributed by atoms with E-state index in [2.05, 4.69) is 53.6 Å². The minimum atomic E-state index is 0.558. The van der Waals surface area contributed by atoms with Gasteiger partial charge in [-0.25, -0.2) is 0 Å². The van der Waals surface area contributed by atoms with Gasteiger partial charge in [-0.3, -0.25) is 4.99 Å². The standard InChI is InChI=1S/C14H23N3S/c1-4-8-16-14(15-5-2)17-11-12(3)10-13-7-6-9-18-13/h4,6-7,9,12H,1,5,8,10-11H2,2-3H3,(H2,15,16,17). The first kappa shape index (κ1) is 14.8. The molecule has 0 saturated heterocycles. The molecular weight excluding hydrogens is 242 g/mol. The van der Waals surface area contributed by atoms with Crippen molar-refractivity contribution >= 4 is 17.3 Å².